The molecule has 2 unspecified atom stereocenters. The van der Waals surface area contributed by atoms with Gasteiger partial charge in [-0.1, -0.05) is 139 Å². The van der Waals surface area contributed by atoms with Crippen LogP contribution in [0, 0.1) is 0 Å². The Balaban J connectivity index is 4.46. The highest BCUT2D eigenvalue weighted by Crippen LogP contribution is 2.43. The lowest BCUT2D eigenvalue weighted by molar-refractivity contribution is -0.870. The molecule has 9 nitrogen and oxygen atoms in total. The first-order chi connectivity index (χ1) is 26.0. The Kier molecular flexibility index (Phi) is 34.8. The molecule has 0 saturated heterocycles. The van der Waals surface area contributed by atoms with E-state index in [9.17, 15) is 19.0 Å². The van der Waals surface area contributed by atoms with Crippen molar-refractivity contribution < 1.29 is 42.1 Å². The molecule has 0 amide bonds. The van der Waals surface area contributed by atoms with Crippen molar-refractivity contribution in [1.29, 1.82) is 0 Å². The fourth-order valence-electron chi connectivity index (χ4n) is 5.26. The predicted octanol–water partition coefficient (Wildman–Crippen LogP) is 11.7. The lowest BCUT2D eigenvalue weighted by atomic mass is 10.1. The maximum absolute atomic E-state index is 12.6. The van der Waals surface area contributed by atoms with E-state index in [0.717, 1.165) is 57.8 Å². The normalized spacial score (nSPS) is 14.3. The molecule has 0 aromatic rings. The Morgan fingerprint density at radius 1 is 0.593 bits per heavy atom. The van der Waals surface area contributed by atoms with Crippen LogP contribution in [0.25, 0.3) is 0 Å². The zero-order valence-corrected chi connectivity index (χ0v) is 35.8. The highest BCUT2D eigenvalue weighted by Gasteiger charge is 2.27. The van der Waals surface area contributed by atoms with Gasteiger partial charge in [-0.25, -0.2) is 4.57 Å². The maximum atomic E-state index is 12.6. The molecule has 2 atom stereocenters. The standard InChI is InChI=1S/C44H78NO8P/c1-6-8-10-12-14-16-18-20-21-22-23-25-26-28-30-32-34-36-43(46)50-40-42(41-52-54(48,49)51-39-38-45(3,4)5)53-44(47)37-35-33-31-29-27-24-19-17-15-13-11-9-7-2/h9,11,15,17,20-21,24,27,31,33,42H,6-8,10,12-14,16,18-19,22-23,25-26,28-30,32,34-41H2,1-5H3/p+1/b11-9-,17-15-,21-20-,27-24-,33-31-. The third kappa shape index (κ3) is 39.4. The molecule has 0 rings (SSSR count). The number of hydrogen-bond acceptors (Lipinski definition) is 7. The van der Waals surface area contributed by atoms with Crippen LogP contribution in [0.5, 0.6) is 0 Å². The summed E-state index contributed by atoms with van der Waals surface area (Å²) in [6.45, 7) is 4.19. The summed E-state index contributed by atoms with van der Waals surface area (Å²) in [6.07, 6.45) is 42.9. The molecule has 54 heavy (non-hydrogen) atoms. The van der Waals surface area contributed by atoms with Crippen LogP contribution in [0.1, 0.15) is 155 Å². The van der Waals surface area contributed by atoms with Crippen LogP contribution in [0.4, 0.5) is 0 Å². The SMILES string of the molecule is CC/C=C\C/C=C\C/C=C\C/C=C\CCC(=O)OC(COC(=O)CCCCCCCCC/C=C\CCCCCCCC)COP(=O)(O)OCC[N+](C)(C)C. The maximum Gasteiger partial charge on any atom is 0.472 e. The van der Waals surface area contributed by atoms with E-state index < -0.39 is 32.5 Å². The highest BCUT2D eigenvalue weighted by molar-refractivity contribution is 7.47. The van der Waals surface area contributed by atoms with Gasteiger partial charge in [-0.3, -0.25) is 18.6 Å². The summed E-state index contributed by atoms with van der Waals surface area (Å²) in [5, 5.41) is 0. The number of carbonyl (C=O) groups is 2. The Bertz CT molecular complexity index is 1110. The lowest BCUT2D eigenvalue weighted by Gasteiger charge is -2.24. The summed E-state index contributed by atoms with van der Waals surface area (Å²) in [7, 11) is 1.42. The topological polar surface area (TPSA) is 108 Å². The molecule has 0 radical (unpaired) electrons. The molecule has 1 N–H and O–H groups in total. The van der Waals surface area contributed by atoms with Gasteiger partial charge in [0.1, 0.15) is 19.8 Å². The van der Waals surface area contributed by atoms with Crippen molar-refractivity contribution in [2.45, 2.75) is 161 Å². The number of ether oxygens (including phenoxy) is 2. The van der Waals surface area contributed by atoms with E-state index in [1.807, 2.05) is 33.3 Å². The molecule has 0 saturated carbocycles. The van der Waals surface area contributed by atoms with Gasteiger partial charge in [0.2, 0.25) is 0 Å². The number of phosphoric ester groups is 1. The van der Waals surface area contributed by atoms with Crippen LogP contribution >= 0.6 is 7.82 Å². The summed E-state index contributed by atoms with van der Waals surface area (Å²) in [6, 6.07) is 0. The molecule has 0 aliphatic heterocycles. The van der Waals surface area contributed by atoms with Crippen molar-refractivity contribution in [2.75, 3.05) is 47.5 Å². The van der Waals surface area contributed by atoms with Gasteiger partial charge in [-0.15, -0.1) is 0 Å². The van der Waals surface area contributed by atoms with Crippen molar-refractivity contribution >= 4 is 19.8 Å². The monoisotopic (exact) mass is 781 g/mol. The Morgan fingerprint density at radius 2 is 1.09 bits per heavy atom. The molecule has 0 bridgehead atoms. The number of nitrogens with zero attached hydrogens (tertiary/aromatic N) is 1. The minimum atomic E-state index is -4.39. The van der Waals surface area contributed by atoms with Gasteiger partial charge in [-0.05, 0) is 64.2 Å². The minimum Gasteiger partial charge on any atom is -0.462 e. The average Bonchev–Trinajstić information content (AvgIpc) is 3.12. The van der Waals surface area contributed by atoms with Crippen molar-refractivity contribution in [3.8, 4) is 0 Å². The van der Waals surface area contributed by atoms with Crippen LogP contribution in [-0.2, 0) is 32.7 Å². The average molecular weight is 781 g/mol. The van der Waals surface area contributed by atoms with E-state index in [1.165, 1.54) is 64.2 Å². The van der Waals surface area contributed by atoms with Gasteiger partial charge >= 0.3 is 19.8 Å². The van der Waals surface area contributed by atoms with E-state index in [2.05, 4.69) is 62.5 Å². The smallest absolute Gasteiger partial charge is 0.462 e. The molecule has 0 aliphatic carbocycles. The molecule has 0 aliphatic rings. The van der Waals surface area contributed by atoms with Gasteiger partial charge in [0.25, 0.3) is 0 Å². The van der Waals surface area contributed by atoms with Crippen molar-refractivity contribution in [3.05, 3.63) is 60.8 Å². The summed E-state index contributed by atoms with van der Waals surface area (Å²) in [4.78, 5) is 35.2. The van der Waals surface area contributed by atoms with Gasteiger partial charge in [0, 0.05) is 12.8 Å². The van der Waals surface area contributed by atoms with Crippen LogP contribution < -0.4 is 0 Å². The molecule has 10 heteroatoms. The Labute approximate surface area is 330 Å². The molecule has 0 aromatic heterocycles. The fraction of sp³-hybridized carbons (Fsp3) is 0.727. The summed E-state index contributed by atoms with van der Waals surface area (Å²) in [5.41, 5.74) is 0. The number of unbranched alkanes of at least 4 members (excludes halogenated alkanes) is 13. The third-order valence-electron chi connectivity index (χ3n) is 8.55. The second-order valence-electron chi connectivity index (χ2n) is 15.0. The third-order valence-corrected chi connectivity index (χ3v) is 9.53. The van der Waals surface area contributed by atoms with Crippen molar-refractivity contribution in [3.63, 3.8) is 0 Å². The van der Waals surface area contributed by atoms with E-state index in [4.69, 9.17) is 18.5 Å². The number of rotatable bonds is 37. The number of carbonyl (C=O) groups excluding carboxylic acids is 2. The van der Waals surface area contributed by atoms with E-state index in [-0.39, 0.29) is 26.1 Å². The first-order valence-corrected chi connectivity index (χ1v) is 22.5. The summed E-state index contributed by atoms with van der Waals surface area (Å²) >= 11 is 0. The zero-order chi connectivity index (χ0) is 40.0. The van der Waals surface area contributed by atoms with Gasteiger partial charge in [-0.2, -0.15) is 0 Å². The second-order valence-corrected chi connectivity index (χ2v) is 16.4. The zero-order valence-electron chi connectivity index (χ0n) is 34.9. The number of allylic oxidation sites excluding steroid dienone is 10. The number of likely N-dealkylation sites (N-methyl/N-ethyl adjacent to an activating group) is 1. The number of phosphoric acid groups is 1. The van der Waals surface area contributed by atoms with Crippen LogP contribution in [0.2, 0.25) is 0 Å². The molecule has 0 aromatic carbocycles. The highest BCUT2D eigenvalue weighted by atomic mass is 31.2. The van der Waals surface area contributed by atoms with E-state index in [1.54, 1.807) is 0 Å². The number of quaternary nitrogens is 1. The predicted molar refractivity (Wildman–Crippen MR) is 224 cm³/mol. The molecule has 0 fully saturated rings. The Hall–Kier alpha value is -2.29. The quantitative estimate of drug-likeness (QED) is 0.0218. The lowest BCUT2D eigenvalue weighted by Crippen LogP contribution is -2.37. The second kappa shape index (κ2) is 36.4. The fourth-order valence-corrected chi connectivity index (χ4v) is 6.00. The molecule has 0 heterocycles. The van der Waals surface area contributed by atoms with Crippen molar-refractivity contribution in [1.82, 2.24) is 0 Å². The van der Waals surface area contributed by atoms with E-state index >= 15 is 0 Å². The van der Waals surface area contributed by atoms with E-state index in [0.29, 0.717) is 17.4 Å². The van der Waals surface area contributed by atoms with Crippen molar-refractivity contribution in [2.24, 2.45) is 0 Å². The largest absolute Gasteiger partial charge is 0.472 e. The summed E-state index contributed by atoms with van der Waals surface area (Å²) < 4.78 is 34.1. The first-order valence-electron chi connectivity index (χ1n) is 21.0. The summed E-state index contributed by atoms with van der Waals surface area (Å²) in [5.74, 6) is -0.903. The molecule has 0 spiro atoms. The van der Waals surface area contributed by atoms with Crippen LogP contribution in [-0.4, -0.2) is 74.9 Å². The minimum absolute atomic E-state index is 0.0162. The van der Waals surface area contributed by atoms with Gasteiger partial charge in [0.05, 0.1) is 27.7 Å². The molecule has 312 valence electrons. The number of hydrogen-bond donors (Lipinski definition) is 1. The van der Waals surface area contributed by atoms with Gasteiger partial charge < -0.3 is 18.9 Å². The Morgan fingerprint density at radius 3 is 1.65 bits per heavy atom. The first kappa shape index (κ1) is 51.7. The van der Waals surface area contributed by atoms with Gasteiger partial charge in [0.15, 0.2) is 6.10 Å². The molecular formula is C44H79NO8P+. The number of esters is 2. The molecular weight excluding hydrogens is 701 g/mol. The van der Waals surface area contributed by atoms with Crippen LogP contribution in [0.3, 0.4) is 0 Å². The van der Waals surface area contributed by atoms with Crippen LogP contribution in [0.15, 0.2) is 60.8 Å².